The van der Waals surface area contributed by atoms with E-state index in [0.717, 1.165) is 11.1 Å². The summed E-state index contributed by atoms with van der Waals surface area (Å²) in [6.07, 6.45) is 0.580. The summed E-state index contributed by atoms with van der Waals surface area (Å²) in [5.41, 5.74) is 2.26. The van der Waals surface area contributed by atoms with Crippen LogP contribution in [0, 0.1) is 6.07 Å². The maximum atomic E-state index is 10.1. The average Bonchev–Trinajstić information content (AvgIpc) is 2.42. The topological polar surface area (TPSA) is 49.7 Å². The highest BCUT2D eigenvalue weighted by Crippen LogP contribution is 2.42. The van der Waals surface area contributed by atoms with Gasteiger partial charge in [0.1, 0.15) is 11.5 Å². The van der Waals surface area contributed by atoms with Crippen molar-refractivity contribution in [1.29, 1.82) is 0 Å². The quantitative estimate of drug-likeness (QED) is 0.905. The van der Waals surface area contributed by atoms with Crippen LogP contribution >= 0.6 is 15.9 Å². The Hall–Kier alpha value is -1.52. The molecule has 2 rings (SSSR count). The van der Waals surface area contributed by atoms with E-state index in [4.69, 9.17) is 4.74 Å². The second-order valence-electron chi connectivity index (χ2n) is 4.10. The zero-order chi connectivity index (χ0) is 13.8. The Labute approximate surface area is 120 Å². The van der Waals surface area contributed by atoms with Crippen molar-refractivity contribution in [1.82, 2.24) is 0 Å². The molecule has 0 fully saturated rings. The largest absolute Gasteiger partial charge is 0.507 e. The first-order chi connectivity index (χ1) is 9.15. The van der Waals surface area contributed by atoms with E-state index < -0.39 is 0 Å². The van der Waals surface area contributed by atoms with E-state index in [1.807, 2.05) is 18.2 Å². The summed E-state index contributed by atoms with van der Waals surface area (Å²) >= 11 is 3.36. The van der Waals surface area contributed by atoms with Crippen LogP contribution in [0.1, 0.15) is 5.56 Å². The maximum absolute atomic E-state index is 10.1. The van der Waals surface area contributed by atoms with Crippen LogP contribution in [0.5, 0.6) is 11.5 Å². The third-order valence-electron chi connectivity index (χ3n) is 2.86. The normalized spacial score (nSPS) is 10.6. The number of hydrogen-bond acceptors (Lipinski definition) is 3. The molecule has 2 aromatic rings. The Morgan fingerprint density at radius 1 is 1.26 bits per heavy atom. The van der Waals surface area contributed by atoms with Crippen molar-refractivity contribution in [3.05, 3.63) is 46.4 Å². The SMILES string of the molecule is COCCc1c(Br)c(O)cc(O)c1-c1[c]cccc1. The first kappa shape index (κ1) is 13.9. The van der Waals surface area contributed by atoms with Crippen LogP contribution < -0.4 is 0 Å². The van der Waals surface area contributed by atoms with Crippen LogP contribution in [0.15, 0.2) is 34.8 Å². The minimum atomic E-state index is 0.0169. The molecule has 3 nitrogen and oxygen atoms in total. The van der Waals surface area contributed by atoms with E-state index in [1.165, 1.54) is 6.07 Å². The van der Waals surface area contributed by atoms with Gasteiger partial charge in [-0.2, -0.15) is 0 Å². The van der Waals surface area contributed by atoms with Crippen molar-refractivity contribution in [3.8, 4) is 22.6 Å². The summed E-state index contributed by atoms with van der Waals surface area (Å²) in [7, 11) is 1.62. The molecule has 1 radical (unpaired) electrons. The van der Waals surface area contributed by atoms with Gasteiger partial charge in [-0.25, -0.2) is 0 Å². The van der Waals surface area contributed by atoms with E-state index in [-0.39, 0.29) is 11.5 Å². The Balaban J connectivity index is 2.61. The summed E-state index contributed by atoms with van der Waals surface area (Å²) in [6.45, 7) is 0.501. The molecule has 0 saturated carbocycles. The van der Waals surface area contributed by atoms with Crippen molar-refractivity contribution in [2.75, 3.05) is 13.7 Å². The van der Waals surface area contributed by atoms with Crippen LogP contribution in [0.25, 0.3) is 11.1 Å². The molecule has 99 valence electrons. The highest BCUT2D eigenvalue weighted by molar-refractivity contribution is 9.10. The molecule has 0 spiro atoms. The fourth-order valence-electron chi connectivity index (χ4n) is 1.97. The highest BCUT2D eigenvalue weighted by atomic mass is 79.9. The number of phenols is 2. The summed E-state index contributed by atoms with van der Waals surface area (Å²) in [5, 5.41) is 19.9. The van der Waals surface area contributed by atoms with Gasteiger partial charge in [0.15, 0.2) is 0 Å². The molecule has 0 atom stereocenters. The highest BCUT2D eigenvalue weighted by Gasteiger charge is 2.17. The van der Waals surface area contributed by atoms with Gasteiger partial charge in [0, 0.05) is 18.7 Å². The minimum absolute atomic E-state index is 0.0169. The number of benzene rings is 2. The van der Waals surface area contributed by atoms with Gasteiger partial charge >= 0.3 is 0 Å². The Morgan fingerprint density at radius 3 is 2.68 bits per heavy atom. The second-order valence-corrected chi connectivity index (χ2v) is 4.89. The number of rotatable bonds is 4. The van der Waals surface area contributed by atoms with Crippen molar-refractivity contribution in [2.45, 2.75) is 6.42 Å². The predicted octanol–water partition coefficient (Wildman–Crippen LogP) is 3.52. The zero-order valence-electron chi connectivity index (χ0n) is 10.5. The van der Waals surface area contributed by atoms with Crippen LogP contribution in [-0.2, 0) is 11.2 Å². The third-order valence-corrected chi connectivity index (χ3v) is 3.74. The number of halogens is 1. The van der Waals surface area contributed by atoms with Gasteiger partial charge in [0.2, 0.25) is 0 Å². The molecule has 0 aliphatic carbocycles. The molecule has 4 heteroatoms. The van der Waals surface area contributed by atoms with Crippen molar-refractivity contribution in [2.24, 2.45) is 0 Å². The lowest BCUT2D eigenvalue weighted by Crippen LogP contribution is -1.99. The first-order valence-corrected chi connectivity index (χ1v) is 6.63. The summed E-state index contributed by atoms with van der Waals surface area (Å²) in [5.74, 6) is 0.0533. The number of aromatic hydroxyl groups is 2. The Kier molecular flexibility index (Phi) is 4.45. The molecule has 0 aliphatic rings. The van der Waals surface area contributed by atoms with Crippen molar-refractivity contribution >= 4 is 15.9 Å². The minimum Gasteiger partial charge on any atom is -0.507 e. The Morgan fingerprint density at radius 2 is 2.05 bits per heavy atom. The lowest BCUT2D eigenvalue weighted by Gasteiger charge is -2.15. The van der Waals surface area contributed by atoms with E-state index in [9.17, 15) is 10.2 Å². The van der Waals surface area contributed by atoms with Crippen LogP contribution in [-0.4, -0.2) is 23.9 Å². The second kappa shape index (κ2) is 6.08. The number of phenolic OH excluding ortho intramolecular Hbond substituents is 2. The average molecular weight is 322 g/mol. The third kappa shape index (κ3) is 2.91. The summed E-state index contributed by atoms with van der Waals surface area (Å²) in [4.78, 5) is 0. The monoisotopic (exact) mass is 321 g/mol. The molecule has 0 bridgehead atoms. The van der Waals surface area contributed by atoms with Crippen molar-refractivity contribution in [3.63, 3.8) is 0 Å². The number of hydrogen-bond donors (Lipinski definition) is 2. The van der Waals surface area contributed by atoms with Crippen LogP contribution in [0.4, 0.5) is 0 Å². The van der Waals surface area contributed by atoms with E-state index in [0.29, 0.717) is 23.1 Å². The molecule has 0 unspecified atom stereocenters. The molecule has 0 aromatic heterocycles. The lowest BCUT2D eigenvalue weighted by molar-refractivity contribution is 0.202. The maximum Gasteiger partial charge on any atom is 0.133 e. The fourth-order valence-corrected chi connectivity index (χ4v) is 2.48. The molecular formula is C15H14BrO3. The van der Waals surface area contributed by atoms with E-state index >= 15 is 0 Å². The lowest BCUT2D eigenvalue weighted by atomic mass is 9.96. The molecular weight excluding hydrogens is 308 g/mol. The van der Waals surface area contributed by atoms with Gasteiger partial charge in [-0.05, 0) is 39.5 Å². The van der Waals surface area contributed by atoms with Crippen LogP contribution in [0.2, 0.25) is 0 Å². The molecule has 0 amide bonds. The van der Waals surface area contributed by atoms with Crippen LogP contribution in [0.3, 0.4) is 0 Å². The fraction of sp³-hybridized carbons (Fsp3) is 0.200. The molecule has 19 heavy (non-hydrogen) atoms. The molecule has 2 N–H and O–H groups in total. The van der Waals surface area contributed by atoms with Gasteiger partial charge in [0.05, 0.1) is 11.1 Å². The van der Waals surface area contributed by atoms with Gasteiger partial charge in [-0.3, -0.25) is 0 Å². The predicted molar refractivity (Wildman–Crippen MR) is 77.3 cm³/mol. The van der Waals surface area contributed by atoms with Crippen molar-refractivity contribution < 1.29 is 14.9 Å². The van der Waals surface area contributed by atoms with Gasteiger partial charge < -0.3 is 14.9 Å². The van der Waals surface area contributed by atoms with Gasteiger partial charge in [0.25, 0.3) is 0 Å². The summed E-state index contributed by atoms with van der Waals surface area (Å²) in [6, 6.07) is 11.8. The molecule has 2 aromatic carbocycles. The summed E-state index contributed by atoms with van der Waals surface area (Å²) < 4.78 is 5.66. The standard InChI is InChI=1S/C15H14BrO3/c1-19-8-7-11-14(10-5-3-2-4-6-10)12(17)9-13(18)15(11)16/h2-5,9,17-18H,7-8H2,1H3. The van der Waals surface area contributed by atoms with Gasteiger partial charge in [-0.15, -0.1) is 0 Å². The smallest absolute Gasteiger partial charge is 0.133 e. The van der Waals surface area contributed by atoms with E-state index in [1.54, 1.807) is 13.2 Å². The number of ether oxygens (including phenoxy) is 1. The molecule has 0 aliphatic heterocycles. The zero-order valence-corrected chi connectivity index (χ0v) is 12.1. The van der Waals surface area contributed by atoms with Gasteiger partial charge in [-0.1, -0.05) is 24.3 Å². The number of methoxy groups -OCH3 is 1. The van der Waals surface area contributed by atoms with E-state index in [2.05, 4.69) is 22.0 Å². The molecule has 0 heterocycles. The molecule has 0 saturated heterocycles. The first-order valence-electron chi connectivity index (χ1n) is 5.84. The Bertz CT molecular complexity index is 567.